The zero-order valence-corrected chi connectivity index (χ0v) is 3.91. The van der Waals surface area contributed by atoms with Crippen LogP contribution in [0.25, 0.3) is 0 Å². The third-order valence-corrected chi connectivity index (χ3v) is 0.167. The number of hydrogen-bond donors (Lipinski definition) is 0. The van der Waals surface area contributed by atoms with Crippen molar-refractivity contribution in [1.82, 2.24) is 0 Å². The monoisotopic (exact) mass is 85.0 g/mol. The van der Waals surface area contributed by atoms with E-state index >= 15 is 0 Å². The van der Waals surface area contributed by atoms with Crippen molar-refractivity contribution in [2.75, 3.05) is 0 Å². The lowest BCUT2D eigenvalue weighted by Crippen LogP contribution is -1.21. The van der Waals surface area contributed by atoms with Gasteiger partial charge in [0.1, 0.15) is 0 Å². The maximum atomic E-state index is 3.36. The van der Waals surface area contributed by atoms with E-state index < -0.39 is 0 Å². The van der Waals surface area contributed by atoms with Gasteiger partial charge in [0.25, 0.3) is 0 Å². The molecule has 0 aromatic rings. The van der Waals surface area contributed by atoms with E-state index in [1.165, 1.54) is 0 Å². The highest BCUT2D eigenvalue weighted by Gasteiger charge is 1.29. The summed E-state index contributed by atoms with van der Waals surface area (Å²) in [6, 6.07) is 0. The molecule has 0 aromatic carbocycles. The first-order valence-corrected chi connectivity index (χ1v) is 1.15. The highest BCUT2D eigenvalue weighted by Crippen LogP contribution is 1.52. The first-order chi connectivity index (χ1) is 1.91. The lowest BCUT2D eigenvalue weighted by atomic mass is 10.6. The summed E-state index contributed by atoms with van der Waals surface area (Å²) in [5, 5.41) is 0. The fourth-order valence-electron chi connectivity index (χ4n) is 0. The van der Waals surface area contributed by atoms with Crippen LogP contribution in [0.5, 0.6) is 0 Å². The van der Waals surface area contributed by atoms with E-state index in [0.717, 1.165) is 0 Å². The van der Waals surface area contributed by atoms with Crippen molar-refractivity contribution < 1.29 is 0 Å². The van der Waals surface area contributed by atoms with Crippen molar-refractivity contribution >= 4 is 9.90 Å². The predicted octanol–water partition coefficient (Wildman–Crippen LogP) is 2.22. The van der Waals surface area contributed by atoms with Crippen molar-refractivity contribution in [3.05, 3.63) is 25.3 Å². The maximum absolute atomic E-state index is 3.36. The number of rotatable bonds is 1. The third-order valence-electron chi connectivity index (χ3n) is 0.167. The first-order valence-electron chi connectivity index (χ1n) is 1.15. The second-order valence-corrected chi connectivity index (χ2v) is 0.471. The molecule has 0 atom stereocenters. The van der Waals surface area contributed by atoms with Gasteiger partial charge >= 0.3 is 0 Å². The minimum absolute atomic E-state index is 0. The normalized spacial score (nSPS) is 4.00. The molecule has 0 spiro atoms. The molecule has 0 aliphatic rings. The molecule has 27 valence electrons. The van der Waals surface area contributed by atoms with Gasteiger partial charge in [-0.25, -0.2) is 0 Å². The Morgan fingerprint density at radius 3 is 1.20 bits per heavy atom. The molecule has 0 saturated heterocycles. The molecule has 0 nitrogen and oxygen atoms in total. The van der Waals surface area contributed by atoms with Gasteiger partial charge in [-0.05, 0) is 0 Å². The zero-order chi connectivity index (χ0) is 3.41. The SMILES string of the molecule is C=CC=C.[P]. The van der Waals surface area contributed by atoms with Gasteiger partial charge in [-0.3, -0.25) is 0 Å². The molecule has 0 fully saturated rings. The second-order valence-electron chi connectivity index (χ2n) is 0.471. The van der Waals surface area contributed by atoms with E-state index in [2.05, 4.69) is 13.2 Å². The summed E-state index contributed by atoms with van der Waals surface area (Å²) < 4.78 is 0. The molecule has 0 N–H and O–H groups in total. The van der Waals surface area contributed by atoms with Crippen LogP contribution in [0.2, 0.25) is 0 Å². The van der Waals surface area contributed by atoms with Crippen LogP contribution < -0.4 is 0 Å². The van der Waals surface area contributed by atoms with E-state index in [1.807, 2.05) is 0 Å². The van der Waals surface area contributed by atoms with Gasteiger partial charge in [0.2, 0.25) is 0 Å². The van der Waals surface area contributed by atoms with Crippen molar-refractivity contribution in [2.45, 2.75) is 0 Å². The molecule has 5 heavy (non-hydrogen) atoms. The topological polar surface area (TPSA) is 0 Å². The van der Waals surface area contributed by atoms with Crippen LogP contribution in [-0.4, -0.2) is 0 Å². The fourth-order valence-corrected chi connectivity index (χ4v) is 0. The standard InChI is InChI=1S/C4H6.P/c1-3-4-2;/h3-4H,1-2H2;. The van der Waals surface area contributed by atoms with E-state index in [4.69, 9.17) is 0 Å². The molecule has 1 heteroatoms. The highest BCUT2D eigenvalue weighted by molar-refractivity contribution is 6.92. The molecule has 0 aromatic heterocycles. The zero-order valence-electron chi connectivity index (χ0n) is 3.02. The van der Waals surface area contributed by atoms with Crippen LogP contribution in [0.1, 0.15) is 0 Å². The minimum atomic E-state index is 0. The summed E-state index contributed by atoms with van der Waals surface area (Å²) in [5.74, 6) is 0. The van der Waals surface area contributed by atoms with Gasteiger partial charge in [-0.15, -0.1) is 0 Å². The average molecular weight is 85.1 g/mol. The lowest BCUT2D eigenvalue weighted by molar-refractivity contribution is 2.15. The van der Waals surface area contributed by atoms with E-state index in [-0.39, 0.29) is 9.90 Å². The predicted molar refractivity (Wildman–Crippen MR) is 27.3 cm³/mol. The molecule has 0 unspecified atom stereocenters. The minimum Gasteiger partial charge on any atom is -0.0991 e. The lowest BCUT2D eigenvalue weighted by Gasteiger charge is -1.44. The fraction of sp³-hybridized carbons (Fsp3) is 0. The Bertz CT molecular complexity index is 24.6. The van der Waals surface area contributed by atoms with Gasteiger partial charge in [-0.2, -0.15) is 0 Å². The Morgan fingerprint density at radius 2 is 1.20 bits per heavy atom. The summed E-state index contributed by atoms with van der Waals surface area (Å²) in [5.41, 5.74) is 0. The smallest absolute Gasteiger partial charge is 0 e. The Morgan fingerprint density at radius 1 is 1.00 bits per heavy atom. The van der Waals surface area contributed by atoms with Crippen molar-refractivity contribution in [3.8, 4) is 0 Å². The van der Waals surface area contributed by atoms with Crippen LogP contribution in [-0.2, 0) is 0 Å². The molecule has 0 saturated carbocycles. The summed E-state index contributed by atoms with van der Waals surface area (Å²) >= 11 is 0. The summed E-state index contributed by atoms with van der Waals surface area (Å²) in [6.07, 6.45) is 3.28. The molecule has 0 amide bonds. The van der Waals surface area contributed by atoms with E-state index in [9.17, 15) is 0 Å². The van der Waals surface area contributed by atoms with Gasteiger partial charge in [-0.1, -0.05) is 25.3 Å². The van der Waals surface area contributed by atoms with Crippen LogP contribution in [0, 0.1) is 0 Å². The van der Waals surface area contributed by atoms with E-state index in [0.29, 0.717) is 0 Å². The van der Waals surface area contributed by atoms with Crippen LogP contribution >= 0.6 is 9.90 Å². The first kappa shape index (κ1) is 8.86. The average Bonchev–Trinajstić information content (AvgIpc) is 1.37. The Kier molecular flexibility index (Phi) is 16.1. The number of allylic oxidation sites excluding steroid dienone is 2. The Hall–Kier alpha value is -0.0900. The molecule has 3 radical (unpaired) electrons. The van der Waals surface area contributed by atoms with Crippen LogP contribution in [0.3, 0.4) is 0 Å². The van der Waals surface area contributed by atoms with Gasteiger partial charge in [0, 0.05) is 9.90 Å². The Balaban J connectivity index is 0. The third kappa shape index (κ3) is 17.2. The maximum Gasteiger partial charge on any atom is 0 e. The van der Waals surface area contributed by atoms with Crippen LogP contribution in [0.15, 0.2) is 25.3 Å². The van der Waals surface area contributed by atoms with Gasteiger partial charge in [0.15, 0.2) is 0 Å². The van der Waals surface area contributed by atoms with E-state index in [1.54, 1.807) is 12.2 Å². The van der Waals surface area contributed by atoms with Crippen molar-refractivity contribution in [2.24, 2.45) is 0 Å². The van der Waals surface area contributed by atoms with Crippen LogP contribution in [0.4, 0.5) is 0 Å². The van der Waals surface area contributed by atoms with Gasteiger partial charge in [0.05, 0.1) is 0 Å². The summed E-state index contributed by atoms with van der Waals surface area (Å²) in [4.78, 5) is 0. The molecule has 0 rings (SSSR count). The molecule has 0 heterocycles. The van der Waals surface area contributed by atoms with Crippen molar-refractivity contribution in [1.29, 1.82) is 0 Å². The quantitative estimate of drug-likeness (QED) is 0.338. The molecule has 0 bridgehead atoms. The summed E-state index contributed by atoms with van der Waals surface area (Å²) in [7, 11) is 0. The molecular formula is C4H6P. The summed E-state index contributed by atoms with van der Waals surface area (Å²) in [6.45, 7) is 6.72. The second kappa shape index (κ2) is 9.08. The Labute approximate surface area is 36.2 Å². The number of hydrogen-bond acceptors (Lipinski definition) is 0. The molecular weight excluding hydrogens is 79.0 g/mol. The highest BCUT2D eigenvalue weighted by atomic mass is 31.0. The largest absolute Gasteiger partial charge is 0.0991 e. The van der Waals surface area contributed by atoms with Crippen molar-refractivity contribution in [3.63, 3.8) is 0 Å². The van der Waals surface area contributed by atoms with Gasteiger partial charge < -0.3 is 0 Å². The molecule has 0 aliphatic heterocycles. The molecule has 0 aliphatic carbocycles.